The van der Waals surface area contributed by atoms with Gasteiger partial charge in [-0.05, 0) is 18.1 Å². The molecule has 4 aliphatic heterocycles. The van der Waals surface area contributed by atoms with Gasteiger partial charge in [0.2, 0.25) is 17.4 Å². The molecule has 4 aliphatic rings. The number of nitrogen functional groups attached to an aromatic ring is 1. The normalized spacial score (nSPS) is 24.9. The maximum absolute atomic E-state index is 12.9. The van der Waals surface area contributed by atoms with Crippen LogP contribution in [-0.4, -0.2) is 113 Å². The third kappa shape index (κ3) is 4.47. The summed E-state index contributed by atoms with van der Waals surface area (Å²) < 4.78 is 3.82. The van der Waals surface area contributed by atoms with Crippen molar-refractivity contribution in [2.75, 3.05) is 37.7 Å². The fraction of sp³-hybridized carbons (Fsp3) is 0.429. The summed E-state index contributed by atoms with van der Waals surface area (Å²) in [6.07, 6.45) is 3.31. The molecule has 200 valence electrons. The van der Waals surface area contributed by atoms with Gasteiger partial charge in [0.1, 0.15) is 17.1 Å². The predicted octanol–water partition coefficient (Wildman–Crippen LogP) is -1.27. The number of nitrogens with zero attached hydrogens (tertiary/aromatic N) is 6. The number of hydrogen-bond acceptors (Lipinski definition) is 12. The zero-order chi connectivity index (χ0) is 27.1. The number of allylic oxidation sites excluding steroid dienone is 1. The Morgan fingerprint density at radius 3 is 2.71 bits per heavy atom. The molecule has 3 fully saturated rings. The van der Waals surface area contributed by atoms with Gasteiger partial charge in [0.15, 0.2) is 5.13 Å². The molecule has 0 unspecified atom stereocenters. The first kappa shape index (κ1) is 25.7. The van der Waals surface area contributed by atoms with Crippen molar-refractivity contribution in [3.05, 3.63) is 28.7 Å². The third-order valence-corrected chi connectivity index (χ3v) is 8.51. The van der Waals surface area contributed by atoms with Crippen LogP contribution in [0.25, 0.3) is 0 Å². The van der Waals surface area contributed by atoms with Crippen LogP contribution < -0.4 is 11.1 Å². The van der Waals surface area contributed by atoms with Crippen LogP contribution in [0.4, 0.5) is 5.13 Å². The van der Waals surface area contributed by atoms with E-state index in [9.17, 15) is 29.5 Å². The SMILES string of the molecule is N=CN1CC(CN2CC/C(=C\C3=C(C(=O)O)N4C(=O)[C@@H](NC(=O)/C(=N\O)c5nsc(N)n5)[C@H]4SC3)C2=O)C1. The molecule has 15 nitrogen and oxygen atoms in total. The highest BCUT2D eigenvalue weighted by Crippen LogP contribution is 2.41. The molecule has 5 heterocycles. The molecule has 1 aromatic rings. The number of carbonyl (C=O) groups excluding carboxylic acids is 3. The quantitative estimate of drug-likeness (QED) is 0.0629. The number of nitrogens with one attached hydrogen (secondary N) is 2. The average Bonchev–Trinajstić information content (AvgIpc) is 3.44. The number of amides is 3. The van der Waals surface area contributed by atoms with E-state index in [-0.39, 0.29) is 28.3 Å². The molecule has 17 heteroatoms. The number of carboxylic acids is 1. The molecule has 0 bridgehead atoms. The van der Waals surface area contributed by atoms with Crippen LogP contribution in [0.3, 0.4) is 0 Å². The zero-order valence-electron chi connectivity index (χ0n) is 19.7. The number of β-lactam (4-membered cyclic amide) rings is 1. The topological polar surface area (TPSA) is 218 Å². The van der Waals surface area contributed by atoms with Gasteiger partial charge >= 0.3 is 5.97 Å². The van der Waals surface area contributed by atoms with Gasteiger partial charge in [-0.3, -0.25) is 24.7 Å². The number of rotatable bonds is 8. The monoisotopic (exact) mass is 561 g/mol. The van der Waals surface area contributed by atoms with Crippen LogP contribution in [0.15, 0.2) is 28.1 Å². The summed E-state index contributed by atoms with van der Waals surface area (Å²) in [6.45, 7) is 2.57. The van der Waals surface area contributed by atoms with E-state index in [1.807, 2.05) is 4.90 Å². The molecular weight excluding hydrogens is 538 g/mol. The minimum atomic E-state index is -1.32. The van der Waals surface area contributed by atoms with Crippen LogP contribution in [0, 0.1) is 11.3 Å². The van der Waals surface area contributed by atoms with Crippen molar-refractivity contribution in [2.45, 2.75) is 17.8 Å². The van der Waals surface area contributed by atoms with Gasteiger partial charge < -0.3 is 31.2 Å². The molecule has 3 saturated heterocycles. The molecule has 5 rings (SSSR count). The Bertz CT molecular complexity index is 1320. The van der Waals surface area contributed by atoms with Crippen LogP contribution in [0.2, 0.25) is 0 Å². The molecule has 0 spiro atoms. The summed E-state index contributed by atoms with van der Waals surface area (Å²) in [4.78, 5) is 59.2. The Labute approximate surface area is 223 Å². The smallest absolute Gasteiger partial charge is 0.352 e. The number of fused-ring (bicyclic) bond motifs is 1. The Balaban J connectivity index is 1.28. The molecule has 0 radical (unpaired) electrons. The van der Waals surface area contributed by atoms with Crippen molar-refractivity contribution in [1.29, 1.82) is 5.41 Å². The second-order valence-electron chi connectivity index (χ2n) is 9.06. The first-order valence-electron chi connectivity index (χ1n) is 11.5. The molecule has 6 N–H and O–H groups in total. The molecule has 2 atom stereocenters. The Morgan fingerprint density at radius 2 is 2.08 bits per heavy atom. The highest BCUT2D eigenvalue weighted by molar-refractivity contribution is 8.00. The van der Waals surface area contributed by atoms with Crippen LogP contribution >= 0.6 is 23.3 Å². The van der Waals surface area contributed by atoms with E-state index in [0.29, 0.717) is 36.6 Å². The lowest BCUT2D eigenvalue weighted by Crippen LogP contribution is -2.71. The summed E-state index contributed by atoms with van der Waals surface area (Å²) in [5.74, 6) is -2.73. The number of aliphatic carboxylic acids is 1. The standard InChI is InChI=1S/C21H23N9O6S2/c22-8-28-4-9(5-28)6-29-2-1-10(17(29)32)3-11-7-37-19-13(18(33)30(19)14(11)20(34)35)24-16(31)12(26-36)15-25-21(23)38-27-15/h3,8-9,13,19,22,36H,1-2,4-7H2,(H,24,31)(H,34,35)(H2,23,25,27)/b10-3+,22-8?,26-12-/t13-,19-/m1/s1. The molecule has 0 aliphatic carbocycles. The van der Waals surface area contributed by atoms with Crippen molar-refractivity contribution < 1.29 is 29.5 Å². The highest BCUT2D eigenvalue weighted by Gasteiger charge is 2.54. The van der Waals surface area contributed by atoms with E-state index >= 15 is 0 Å². The van der Waals surface area contributed by atoms with Crippen molar-refractivity contribution in [3.8, 4) is 0 Å². The Kier molecular flexibility index (Phi) is 6.78. The number of nitrogens with two attached hydrogens (primary N) is 1. The van der Waals surface area contributed by atoms with Crippen LogP contribution in [0.5, 0.6) is 0 Å². The van der Waals surface area contributed by atoms with Crippen molar-refractivity contribution >= 4 is 64.2 Å². The number of thioether (sulfide) groups is 1. The molecule has 3 amide bonds. The number of oxime groups is 1. The van der Waals surface area contributed by atoms with E-state index in [2.05, 4.69) is 19.8 Å². The van der Waals surface area contributed by atoms with E-state index in [1.165, 1.54) is 18.1 Å². The Morgan fingerprint density at radius 1 is 1.32 bits per heavy atom. The first-order chi connectivity index (χ1) is 18.2. The fourth-order valence-electron chi connectivity index (χ4n) is 4.81. The molecule has 0 saturated carbocycles. The molecule has 38 heavy (non-hydrogen) atoms. The van der Waals surface area contributed by atoms with Crippen LogP contribution in [0.1, 0.15) is 12.2 Å². The van der Waals surface area contributed by atoms with E-state index < -0.39 is 34.9 Å². The lowest BCUT2D eigenvalue weighted by molar-refractivity contribution is -0.150. The minimum absolute atomic E-state index is 0.0573. The Hall–Kier alpha value is -3.99. The summed E-state index contributed by atoms with van der Waals surface area (Å²) in [7, 11) is 0. The second-order valence-corrected chi connectivity index (χ2v) is 11.0. The second kappa shape index (κ2) is 10.1. The van der Waals surface area contributed by atoms with E-state index in [4.69, 9.17) is 11.1 Å². The summed E-state index contributed by atoms with van der Waals surface area (Å²) in [5, 5.41) is 31.1. The molecule has 1 aromatic heterocycles. The maximum atomic E-state index is 12.9. The van der Waals surface area contributed by atoms with Gasteiger partial charge in [-0.2, -0.15) is 9.36 Å². The van der Waals surface area contributed by atoms with Crippen molar-refractivity contribution in [2.24, 2.45) is 11.1 Å². The number of anilines is 1. The summed E-state index contributed by atoms with van der Waals surface area (Å²) >= 11 is 2.05. The number of carbonyl (C=O) groups is 4. The van der Waals surface area contributed by atoms with Crippen LogP contribution in [-0.2, 0) is 19.2 Å². The lowest BCUT2D eigenvalue weighted by atomic mass is 10.0. The van der Waals surface area contributed by atoms with Gasteiger partial charge in [0.05, 0.1) is 6.34 Å². The fourth-order valence-corrected chi connectivity index (χ4v) is 6.55. The summed E-state index contributed by atoms with van der Waals surface area (Å²) in [5.41, 5.74) is 5.58. The van der Waals surface area contributed by atoms with Crippen molar-refractivity contribution in [1.82, 2.24) is 29.4 Å². The number of likely N-dealkylation sites (tertiary alicyclic amines) is 2. The van der Waals surface area contributed by atoms with Crippen molar-refractivity contribution in [3.63, 3.8) is 0 Å². The van der Waals surface area contributed by atoms with Gasteiger partial charge in [0.25, 0.3) is 11.8 Å². The maximum Gasteiger partial charge on any atom is 0.352 e. The molecular formula is C21H23N9O6S2. The van der Waals surface area contributed by atoms with Gasteiger partial charge in [-0.1, -0.05) is 5.16 Å². The third-order valence-electron chi connectivity index (χ3n) is 6.66. The number of aromatic nitrogens is 2. The van der Waals surface area contributed by atoms with E-state index in [1.54, 1.807) is 11.0 Å². The van der Waals surface area contributed by atoms with Gasteiger partial charge in [-0.15, -0.1) is 11.8 Å². The lowest BCUT2D eigenvalue weighted by Gasteiger charge is -2.49. The molecule has 0 aromatic carbocycles. The minimum Gasteiger partial charge on any atom is -0.477 e. The largest absolute Gasteiger partial charge is 0.477 e. The highest BCUT2D eigenvalue weighted by atomic mass is 32.2. The zero-order valence-corrected chi connectivity index (χ0v) is 21.4. The van der Waals surface area contributed by atoms with Gasteiger partial charge in [-0.25, -0.2) is 4.79 Å². The number of carboxylic acid groups (broad SMARTS) is 1. The first-order valence-corrected chi connectivity index (χ1v) is 13.3. The predicted molar refractivity (Wildman–Crippen MR) is 135 cm³/mol. The average molecular weight is 562 g/mol. The number of hydrogen-bond donors (Lipinski definition) is 5. The van der Waals surface area contributed by atoms with E-state index in [0.717, 1.165) is 29.5 Å². The van der Waals surface area contributed by atoms with Gasteiger partial charge in [0, 0.05) is 55.0 Å². The summed E-state index contributed by atoms with van der Waals surface area (Å²) in [6, 6.07) is -1.06.